The third-order valence-electron chi connectivity index (χ3n) is 1.31. The molecule has 0 atom stereocenters. The number of hydrogen-bond donors (Lipinski definition) is 0. The Morgan fingerprint density at radius 2 is 1.43 bits per heavy atom. The monoisotopic (exact) mass is 564 g/mol. The zero-order valence-corrected chi connectivity index (χ0v) is 23.9. The molecule has 0 aromatic heterocycles. The Hall–Kier alpha value is 3.96. The van der Waals surface area contributed by atoms with Gasteiger partial charge in [-0.25, -0.2) is 8.42 Å². The van der Waals surface area contributed by atoms with Crippen LogP contribution >= 0.6 is 0 Å². The van der Waals surface area contributed by atoms with Crippen LogP contribution in [-0.4, -0.2) is 13.0 Å². The summed E-state index contributed by atoms with van der Waals surface area (Å²) in [5.41, 5.74) is 0.928. The van der Waals surface area contributed by atoms with Gasteiger partial charge in [0.15, 0.2) is 0 Å². The Bertz CT molecular complexity index is 350. The minimum absolute atomic E-state index is 0. The minimum Gasteiger partial charge on any atom is -1.00 e. The molecule has 68 valence electrons. The van der Waals surface area contributed by atoms with Crippen LogP contribution in [0.4, 0.5) is 0 Å². The van der Waals surface area contributed by atoms with Gasteiger partial charge in [0.05, 0.1) is 4.90 Å². The summed E-state index contributed by atoms with van der Waals surface area (Å²) >= 11 is 0. The summed E-state index contributed by atoms with van der Waals surface area (Å²) in [5, 5.41) is 0. The third-order valence-corrected chi connectivity index (χ3v) is 2.16. The molecule has 0 heterocycles. The molecule has 0 aliphatic carbocycles. The number of halogens is 1. The molecular weight excluding hydrogens is 557 g/mol. The van der Waals surface area contributed by atoms with E-state index in [0.29, 0.717) is 0 Å². The molecule has 0 unspecified atom stereocenters. The van der Waals surface area contributed by atoms with E-state index >= 15 is 0 Å². The van der Waals surface area contributed by atoms with Gasteiger partial charge in [-0.15, -0.1) is 0 Å². The fraction of sp³-hybridized carbons (Fsp3) is 0.143. The van der Waals surface area contributed by atoms with Crippen LogP contribution in [0.1, 0.15) is 5.56 Å². The minimum atomic E-state index is -4.27. The Kier molecular flexibility index (Phi) is 17.9. The summed E-state index contributed by atoms with van der Waals surface area (Å²) in [7, 11) is -4.27. The van der Waals surface area contributed by atoms with Gasteiger partial charge in [-0.1, -0.05) is 17.7 Å². The quantitative estimate of drug-likeness (QED) is 0.252. The first-order valence-corrected chi connectivity index (χ1v) is 4.43. The molecular formula is C7H7Cs2IO3S. The second kappa shape index (κ2) is 10.8. The van der Waals surface area contributed by atoms with E-state index < -0.39 is 10.1 Å². The molecule has 0 spiro atoms. The van der Waals surface area contributed by atoms with Crippen LogP contribution in [0.25, 0.3) is 0 Å². The van der Waals surface area contributed by atoms with Crippen LogP contribution in [0.2, 0.25) is 0 Å². The summed E-state index contributed by atoms with van der Waals surface area (Å²) in [6.45, 7) is 1.82. The molecule has 0 radical (unpaired) electrons. The fourth-order valence-electron chi connectivity index (χ4n) is 0.705. The average molecular weight is 564 g/mol. The van der Waals surface area contributed by atoms with Crippen LogP contribution < -0.4 is 162 Å². The van der Waals surface area contributed by atoms with Crippen molar-refractivity contribution < 1.29 is 175 Å². The van der Waals surface area contributed by atoms with E-state index in [0.717, 1.165) is 5.56 Å². The summed E-state index contributed by atoms with van der Waals surface area (Å²) in [6, 6.07) is 5.78. The zero-order chi connectivity index (χ0) is 8.48. The topological polar surface area (TPSA) is 57.2 Å². The first kappa shape index (κ1) is 23.1. The van der Waals surface area contributed by atoms with Gasteiger partial charge in [-0.05, 0) is 19.1 Å². The van der Waals surface area contributed by atoms with Gasteiger partial charge >= 0.3 is 138 Å². The van der Waals surface area contributed by atoms with Crippen molar-refractivity contribution in [3.8, 4) is 0 Å². The molecule has 1 rings (SSSR count). The van der Waals surface area contributed by atoms with Gasteiger partial charge in [-0.2, -0.15) is 0 Å². The normalized spacial score (nSPS) is 9.00. The van der Waals surface area contributed by atoms with Crippen molar-refractivity contribution in [3.05, 3.63) is 29.8 Å². The van der Waals surface area contributed by atoms with E-state index in [1.165, 1.54) is 12.1 Å². The van der Waals surface area contributed by atoms with Crippen LogP contribution in [0.15, 0.2) is 29.2 Å². The molecule has 14 heavy (non-hydrogen) atoms. The van der Waals surface area contributed by atoms with Crippen molar-refractivity contribution in [2.75, 3.05) is 0 Å². The van der Waals surface area contributed by atoms with Crippen molar-refractivity contribution >= 4 is 10.1 Å². The van der Waals surface area contributed by atoms with E-state index in [1.54, 1.807) is 12.1 Å². The number of rotatable bonds is 1. The maximum Gasteiger partial charge on any atom is 1.00 e. The summed E-state index contributed by atoms with van der Waals surface area (Å²) in [6.07, 6.45) is 0. The number of hydrogen-bond acceptors (Lipinski definition) is 3. The Labute approximate surface area is 219 Å². The second-order valence-electron chi connectivity index (χ2n) is 2.27. The maximum absolute atomic E-state index is 10.4. The zero-order valence-electron chi connectivity index (χ0n) is 8.32. The summed E-state index contributed by atoms with van der Waals surface area (Å²) in [4.78, 5) is -0.178. The molecule has 1 aromatic carbocycles. The summed E-state index contributed by atoms with van der Waals surface area (Å²) in [5.74, 6) is 0. The molecule has 7 heteroatoms. The first-order chi connectivity index (χ1) is 5.00. The van der Waals surface area contributed by atoms with E-state index in [4.69, 9.17) is 0 Å². The average Bonchev–Trinajstić information content (AvgIpc) is 1.86. The fourth-order valence-corrected chi connectivity index (χ4v) is 1.17. The van der Waals surface area contributed by atoms with Gasteiger partial charge in [-0.3, -0.25) is 0 Å². The molecule has 3 nitrogen and oxygen atoms in total. The first-order valence-electron chi connectivity index (χ1n) is 3.03. The van der Waals surface area contributed by atoms with Gasteiger partial charge in [0, 0.05) is 0 Å². The molecule has 0 saturated carbocycles. The van der Waals surface area contributed by atoms with E-state index in [-0.39, 0.29) is 167 Å². The van der Waals surface area contributed by atoms with Gasteiger partial charge < -0.3 is 28.5 Å². The van der Waals surface area contributed by atoms with Gasteiger partial charge in [0.2, 0.25) is 0 Å². The molecule has 0 saturated heterocycles. The largest absolute Gasteiger partial charge is 1.00 e. The smallest absolute Gasteiger partial charge is 1.00 e. The molecule has 1 aromatic rings. The molecule has 0 fully saturated rings. The standard InChI is InChI=1S/C7H8O3S.2Cs.HI/c1-6-2-4-7(5-3-6)11(8,9)10;;;/h2-5H,1H3,(H,8,9,10);;;1H/q;2*+1;/p-2. The molecule has 0 aliphatic heterocycles. The molecule has 0 bridgehead atoms. The van der Waals surface area contributed by atoms with Crippen molar-refractivity contribution in [2.24, 2.45) is 0 Å². The van der Waals surface area contributed by atoms with E-state index in [2.05, 4.69) is 0 Å². The van der Waals surface area contributed by atoms with Crippen LogP contribution in [0, 0.1) is 6.92 Å². The van der Waals surface area contributed by atoms with Crippen molar-refractivity contribution in [1.29, 1.82) is 0 Å². The van der Waals surface area contributed by atoms with Gasteiger partial charge in [0.1, 0.15) is 10.1 Å². The SMILES string of the molecule is Cc1ccc(S(=O)(=O)[O-])cc1.[Cs+].[Cs+].[I-]. The summed E-state index contributed by atoms with van der Waals surface area (Å²) < 4.78 is 31.2. The Morgan fingerprint density at radius 3 is 1.71 bits per heavy atom. The van der Waals surface area contributed by atoms with Crippen molar-refractivity contribution in [2.45, 2.75) is 11.8 Å². The maximum atomic E-state index is 10.4. The molecule has 0 N–H and O–H groups in total. The van der Waals surface area contributed by atoms with E-state index in [1.807, 2.05) is 6.92 Å². The Balaban J connectivity index is -0.000000403. The van der Waals surface area contributed by atoms with Crippen molar-refractivity contribution in [3.63, 3.8) is 0 Å². The number of aryl methyl sites for hydroxylation is 1. The number of benzene rings is 1. The molecule has 0 amide bonds. The predicted molar refractivity (Wildman–Crippen MR) is 39.1 cm³/mol. The Morgan fingerprint density at radius 1 is 1.07 bits per heavy atom. The third kappa shape index (κ3) is 8.97. The van der Waals surface area contributed by atoms with Crippen molar-refractivity contribution in [1.82, 2.24) is 0 Å². The van der Waals surface area contributed by atoms with Crippen LogP contribution in [0.3, 0.4) is 0 Å². The predicted octanol–water partition coefficient (Wildman–Crippen LogP) is -8.09. The van der Waals surface area contributed by atoms with Crippen LogP contribution in [0.5, 0.6) is 0 Å². The van der Waals surface area contributed by atoms with Crippen LogP contribution in [-0.2, 0) is 10.1 Å². The molecule has 0 aliphatic rings. The second-order valence-corrected chi connectivity index (χ2v) is 3.65. The van der Waals surface area contributed by atoms with Gasteiger partial charge in [0.25, 0.3) is 0 Å². The van der Waals surface area contributed by atoms with E-state index in [9.17, 15) is 13.0 Å².